The number of hydrogen-bond acceptors (Lipinski definition) is 4. The van der Waals surface area contributed by atoms with Crippen LogP contribution in [0.3, 0.4) is 0 Å². The van der Waals surface area contributed by atoms with Gasteiger partial charge in [0, 0.05) is 12.8 Å². The standard InChI is InChI=1S/C14H18N2OS2/c1-16-13(17)11-7-8-18-12(11)15-14(16)19-9-10-5-3-2-4-6-10/h7-8,10H,2-6,9H2,1H3. The Kier molecular flexibility index (Phi) is 3.93. The fourth-order valence-corrected chi connectivity index (χ4v) is 4.62. The van der Waals surface area contributed by atoms with E-state index in [9.17, 15) is 4.79 Å². The lowest BCUT2D eigenvalue weighted by Crippen LogP contribution is -2.20. The van der Waals surface area contributed by atoms with Gasteiger partial charge in [0.1, 0.15) is 4.83 Å². The molecule has 0 atom stereocenters. The number of nitrogens with zero attached hydrogens (tertiary/aromatic N) is 2. The fourth-order valence-electron chi connectivity index (χ4n) is 2.66. The van der Waals surface area contributed by atoms with Crippen LogP contribution in [-0.4, -0.2) is 15.3 Å². The molecule has 102 valence electrons. The summed E-state index contributed by atoms with van der Waals surface area (Å²) in [7, 11) is 1.83. The first kappa shape index (κ1) is 13.2. The largest absolute Gasteiger partial charge is 0.290 e. The van der Waals surface area contributed by atoms with Crippen molar-refractivity contribution in [3.8, 4) is 0 Å². The molecule has 19 heavy (non-hydrogen) atoms. The third-order valence-corrected chi connectivity index (χ3v) is 5.90. The van der Waals surface area contributed by atoms with Gasteiger partial charge in [-0.15, -0.1) is 11.3 Å². The van der Waals surface area contributed by atoms with E-state index in [-0.39, 0.29) is 5.56 Å². The number of hydrogen-bond donors (Lipinski definition) is 0. The van der Waals surface area contributed by atoms with Crippen molar-refractivity contribution in [1.82, 2.24) is 9.55 Å². The van der Waals surface area contributed by atoms with Crippen molar-refractivity contribution >= 4 is 33.3 Å². The molecule has 2 aromatic rings. The number of thioether (sulfide) groups is 1. The maximum absolute atomic E-state index is 12.2. The van der Waals surface area contributed by atoms with Gasteiger partial charge >= 0.3 is 0 Å². The molecule has 0 saturated heterocycles. The van der Waals surface area contributed by atoms with Crippen molar-refractivity contribution in [1.29, 1.82) is 0 Å². The van der Waals surface area contributed by atoms with Crippen molar-refractivity contribution in [2.75, 3.05) is 5.75 Å². The summed E-state index contributed by atoms with van der Waals surface area (Å²) in [5, 5.41) is 3.55. The van der Waals surface area contributed by atoms with Crippen LogP contribution in [0.15, 0.2) is 21.4 Å². The van der Waals surface area contributed by atoms with E-state index in [2.05, 4.69) is 4.98 Å². The highest BCUT2D eigenvalue weighted by Crippen LogP contribution is 2.29. The molecule has 1 saturated carbocycles. The lowest BCUT2D eigenvalue weighted by atomic mass is 9.91. The molecule has 0 spiro atoms. The average Bonchev–Trinajstić information content (AvgIpc) is 2.91. The first-order valence-corrected chi connectivity index (χ1v) is 8.69. The van der Waals surface area contributed by atoms with Gasteiger partial charge in [-0.2, -0.15) is 0 Å². The zero-order valence-electron chi connectivity index (χ0n) is 11.1. The van der Waals surface area contributed by atoms with Crippen molar-refractivity contribution in [2.45, 2.75) is 37.3 Å². The predicted molar refractivity (Wildman–Crippen MR) is 82.2 cm³/mol. The summed E-state index contributed by atoms with van der Waals surface area (Å²) in [6.07, 6.45) is 6.78. The highest BCUT2D eigenvalue weighted by atomic mass is 32.2. The van der Waals surface area contributed by atoms with E-state index in [1.807, 2.05) is 18.5 Å². The molecule has 1 fully saturated rings. The Labute approximate surface area is 121 Å². The van der Waals surface area contributed by atoms with E-state index >= 15 is 0 Å². The van der Waals surface area contributed by atoms with Gasteiger partial charge in [0.15, 0.2) is 5.16 Å². The van der Waals surface area contributed by atoms with E-state index in [1.54, 1.807) is 27.7 Å². The van der Waals surface area contributed by atoms with Crippen molar-refractivity contribution in [2.24, 2.45) is 13.0 Å². The van der Waals surface area contributed by atoms with Gasteiger partial charge in [0.2, 0.25) is 0 Å². The van der Waals surface area contributed by atoms with Crippen LogP contribution in [0, 0.1) is 5.92 Å². The van der Waals surface area contributed by atoms with Gasteiger partial charge < -0.3 is 0 Å². The number of aromatic nitrogens is 2. The van der Waals surface area contributed by atoms with Gasteiger partial charge in [0.25, 0.3) is 5.56 Å². The molecular formula is C14H18N2OS2. The molecule has 0 radical (unpaired) electrons. The van der Waals surface area contributed by atoms with Crippen LogP contribution >= 0.6 is 23.1 Å². The zero-order chi connectivity index (χ0) is 13.2. The molecule has 1 aliphatic carbocycles. The molecule has 2 aromatic heterocycles. The highest BCUT2D eigenvalue weighted by Gasteiger charge is 2.16. The van der Waals surface area contributed by atoms with Gasteiger partial charge in [-0.05, 0) is 30.2 Å². The average molecular weight is 294 g/mol. The van der Waals surface area contributed by atoms with E-state index in [0.29, 0.717) is 0 Å². The summed E-state index contributed by atoms with van der Waals surface area (Å²) in [6.45, 7) is 0. The Hall–Kier alpha value is -0.810. The third kappa shape index (κ3) is 2.72. The predicted octanol–water partition coefficient (Wildman–Crippen LogP) is 3.67. The van der Waals surface area contributed by atoms with Gasteiger partial charge in [-0.25, -0.2) is 4.98 Å². The molecule has 3 nitrogen and oxygen atoms in total. The van der Waals surface area contributed by atoms with Gasteiger partial charge in [-0.3, -0.25) is 9.36 Å². The minimum Gasteiger partial charge on any atom is -0.290 e. The van der Waals surface area contributed by atoms with E-state index in [4.69, 9.17) is 0 Å². The molecule has 2 heterocycles. The van der Waals surface area contributed by atoms with Crippen LogP contribution in [0.5, 0.6) is 0 Å². The second kappa shape index (κ2) is 5.67. The van der Waals surface area contributed by atoms with Crippen molar-refractivity contribution in [3.05, 3.63) is 21.8 Å². The number of thiophene rings is 1. The van der Waals surface area contributed by atoms with Crippen LogP contribution in [0.4, 0.5) is 0 Å². The van der Waals surface area contributed by atoms with Crippen LogP contribution in [0.25, 0.3) is 10.2 Å². The lowest BCUT2D eigenvalue weighted by Gasteiger charge is -2.21. The van der Waals surface area contributed by atoms with Gasteiger partial charge in [-0.1, -0.05) is 31.0 Å². The van der Waals surface area contributed by atoms with E-state index < -0.39 is 0 Å². The first-order chi connectivity index (χ1) is 9.25. The molecule has 0 aromatic carbocycles. The SMILES string of the molecule is Cn1c(SCC2CCCCC2)nc2sccc2c1=O. The summed E-state index contributed by atoms with van der Waals surface area (Å²) < 4.78 is 1.70. The van der Waals surface area contributed by atoms with Crippen LogP contribution in [-0.2, 0) is 7.05 Å². The van der Waals surface area contributed by atoms with Gasteiger partial charge in [0.05, 0.1) is 5.39 Å². The molecule has 1 aliphatic rings. The Morgan fingerprint density at radius 2 is 2.21 bits per heavy atom. The molecular weight excluding hydrogens is 276 g/mol. The summed E-state index contributed by atoms with van der Waals surface area (Å²) in [4.78, 5) is 17.7. The monoisotopic (exact) mass is 294 g/mol. The second-order valence-electron chi connectivity index (χ2n) is 5.21. The van der Waals surface area contributed by atoms with Crippen molar-refractivity contribution in [3.63, 3.8) is 0 Å². The zero-order valence-corrected chi connectivity index (χ0v) is 12.7. The van der Waals surface area contributed by atoms with E-state index in [0.717, 1.165) is 27.0 Å². The maximum atomic E-state index is 12.2. The highest BCUT2D eigenvalue weighted by molar-refractivity contribution is 7.99. The van der Waals surface area contributed by atoms with E-state index in [1.165, 1.54) is 32.1 Å². The topological polar surface area (TPSA) is 34.9 Å². The minimum absolute atomic E-state index is 0.0809. The summed E-state index contributed by atoms with van der Waals surface area (Å²) >= 11 is 3.29. The molecule has 0 amide bonds. The molecule has 5 heteroatoms. The van der Waals surface area contributed by atoms with Crippen molar-refractivity contribution < 1.29 is 0 Å². The quantitative estimate of drug-likeness (QED) is 0.640. The summed E-state index contributed by atoms with van der Waals surface area (Å²) in [6, 6.07) is 1.87. The smallest absolute Gasteiger partial charge is 0.262 e. The minimum atomic E-state index is 0.0809. The molecule has 0 aliphatic heterocycles. The molecule has 0 bridgehead atoms. The molecule has 0 unspecified atom stereocenters. The second-order valence-corrected chi connectivity index (χ2v) is 7.09. The molecule has 3 rings (SSSR count). The first-order valence-electron chi connectivity index (χ1n) is 6.83. The third-order valence-electron chi connectivity index (χ3n) is 3.84. The Morgan fingerprint density at radius 3 is 3.00 bits per heavy atom. The fraction of sp³-hybridized carbons (Fsp3) is 0.571. The number of rotatable bonds is 3. The van der Waals surface area contributed by atoms with Crippen LogP contribution in [0.2, 0.25) is 0 Å². The summed E-state index contributed by atoms with van der Waals surface area (Å²) in [5.41, 5.74) is 0.0809. The number of fused-ring (bicyclic) bond motifs is 1. The normalized spacial score (nSPS) is 17.1. The summed E-state index contributed by atoms with van der Waals surface area (Å²) in [5.74, 6) is 1.90. The molecule has 0 N–H and O–H groups in total. The van der Waals surface area contributed by atoms with Crippen LogP contribution < -0.4 is 5.56 Å². The Morgan fingerprint density at radius 1 is 1.42 bits per heavy atom. The van der Waals surface area contributed by atoms with Crippen LogP contribution in [0.1, 0.15) is 32.1 Å². The Bertz CT molecular complexity index is 626. The maximum Gasteiger partial charge on any atom is 0.262 e. The lowest BCUT2D eigenvalue weighted by molar-refractivity contribution is 0.390. The Balaban J connectivity index is 1.80.